The maximum atomic E-state index is 4.63. The summed E-state index contributed by atoms with van der Waals surface area (Å²) in [6.07, 6.45) is 2.08. The van der Waals surface area contributed by atoms with Crippen LogP contribution in [0.25, 0.3) is 16.6 Å². The number of hydrogen-bond donors (Lipinski definition) is 0. The Morgan fingerprint density at radius 2 is 1.88 bits per heavy atom. The molecule has 0 saturated heterocycles. The van der Waals surface area contributed by atoms with Crippen LogP contribution in [0.1, 0.15) is 5.56 Å². The minimum absolute atomic E-state index is 1.07. The van der Waals surface area contributed by atoms with E-state index in [1.807, 2.05) is 22.9 Å². The van der Waals surface area contributed by atoms with Crippen LogP contribution < -0.4 is 0 Å². The number of halogens is 1. The predicted octanol–water partition coefficient (Wildman–Crippen LogP) is 3.94. The summed E-state index contributed by atoms with van der Waals surface area (Å²) in [4.78, 5) is 0. The Bertz CT molecular complexity index is 671. The molecule has 0 aliphatic rings. The van der Waals surface area contributed by atoms with Crippen molar-refractivity contribution in [2.45, 2.75) is 6.92 Å². The van der Waals surface area contributed by atoms with Crippen LogP contribution in [0.3, 0.4) is 0 Å². The molecular weight excluding hydrogens is 323 g/mol. The number of aromatic nitrogens is 2. The molecule has 17 heavy (non-hydrogen) atoms. The average molecular weight is 334 g/mol. The summed E-state index contributed by atoms with van der Waals surface area (Å²) in [6.45, 7) is 2.11. The van der Waals surface area contributed by atoms with Crippen molar-refractivity contribution < 1.29 is 0 Å². The number of fused-ring (bicyclic) bond motifs is 1. The second-order valence-corrected chi connectivity index (χ2v) is 5.26. The van der Waals surface area contributed by atoms with Gasteiger partial charge in [-0.05, 0) is 59.3 Å². The molecule has 0 amide bonds. The van der Waals surface area contributed by atoms with E-state index in [0.717, 1.165) is 11.2 Å². The van der Waals surface area contributed by atoms with Gasteiger partial charge < -0.3 is 0 Å². The molecule has 0 N–H and O–H groups in total. The van der Waals surface area contributed by atoms with Gasteiger partial charge in [0, 0.05) is 15.2 Å². The van der Waals surface area contributed by atoms with Gasteiger partial charge in [-0.2, -0.15) is 5.10 Å². The zero-order valence-corrected chi connectivity index (χ0v) is 11.5. The van der Waals surface area contributed by atoms with Crippen molar-refractivity contribution >= 4 is 33.5 Å². The molecule has 0 radical (unpaired) electrons. The third-order valence-corrected chi connectivity index (χ3v) is 3.55. The van der Waals surface area contributed by atoms with Gasteiger partial charge in [0.25, 0.3) is 0 Å². The molecule has 2 nitrogen and oxygen atoms in total. The van der Waals surface area contributed by atoms with Gasteiger partial charge in [-0.1, -0.05) is 18.2 Å². The summed E-state index contributed by atoms with van der Waals surface area (Å²) < 4.78 is 3.14. The molecular formula is C14H11IN2. The quantitative estimate of drug-likeness (QED) is 0.617. The Kier molecular flexibility index (Phi) is 2.63. The van der Waals surface area contributed by atoms with Gasteiger partial charge in [0.2, 0.25) is 0 Å². The monoisotopic (exact) mass is 334 g/mol. The van der Waals surface area contributed by atoms with Gasteiger partial charge >= 0.3 is 0 Å². The van der Waals surface area contributed by atoms with Crippen molar-refractivity contribution in [1.29, 1.82) is 0 Å². The van der Waals surface area contributed by atoms with E-state index < -0.39 is 0 Å². The summed E-state index contributed by atoms with van der Waals surface area (Å²) in [5.41, 5.74) is 3.44. The molecule has 0 aliphatic heterocycles. The fourth-order valence-corrected chi connectivity index (χ4v) is 2.86. The summed E-state index contributed by atoms with van der Waals surface area (Å²) >= 11 is 2.34. The van der Waals surface area contributed by atoms with Crippen molar-refractivity contribution in [3.63, 3.8) is 0 Å². The van der Waals surface area contributed by atoms with Crippen LogP contribution in [-0.4, -0.2) is 9.78 Å². The molecule has 0 aliphatic carbocycles. The van der Waals surface area contributed by atoms with Crippen LogP contribution in [0, 0.1) is 10.5 Å². The Morgan fingerprint density at radius 3 is 2.65 bits per heavy atom. The van der Waals surface area contributed by atoms with Gasteiger partial charge in [0.1, 0.15) is 5.52 Å². The minimum atomic E-state index is 1.07. The van der Waals surface area contributed by atoms with E-state index in [1.54, 1.807) is 0 Å². The van der Waals surface area contributed by atoms with Gasteiger partial charge in [-0.25, -0.2) is 4.68 Å². The molecule has 3 rings (SSSR count). The van der Waals surface area contributed by atoms with Crippen molar-refractivity contribution in [3.05, 3.63) is 57.8 Å². The first kappa shape index (κ1) is 10.8. The average Bonchev–Trinajstić information content (AvgIpc) is 2.74. The number of hydrogen-bond acceptors (Lipinski definition) is 1. The van der Waals surface area contributed by atoms with E-state index in [0.29, 0.717) is 0 Å². The molecule has 0 spiro atoms. The van der Waals surface area contributed by atoms with Crippen molar-refractivity contribution in [2.24, 2.45) is 0 Å². The van der Waals surface area contributed by atoms with Crippen molar-refractivity contribution in [3.8, 4) is 5.69 Å². The summed E-state index contributed by atoms with van der Waals surface area (Å²) in [6, 6.07) is 14.5. The van der Waals surface area contributed by atoms with Crippen LogP contribution in [0.4, 0.5) is 0 Å². The lowest BCUT2D eigenvalue weighted by Gasteiger charge is -1.98. The SMILES string of the molecule is Cc1cc(I)c2nn(-c3ccccc3)cc2c1. The van der Waals surface area contributed by atoms with Crippen LogP contribution in [0.2, 0.25) is 0 Å². The Morgan fingerprint density at radius 1 is 1.12 bits per heavy atom. The van der Waals surface area contributed by atoms with E-state index in [9.17, 15) is 0 Å². The fourth-order valence-electron chi connectivity index (χ4n) is 1.95. The molecule has 1 heterocycles. The number of nitrogens with zero attached hydrogens (tertiary/aromatic N) is 2. The van der Waals surface area contributed by atoms with Crippen LogP contribution in [0.5, 0.6) is 0 Å². The third kappa shape index (κ3) is 1.95. The highest BCUT2D eigenvalue weighted by Crippen LogP contribution is 2.22. The highest BCUT2D eigenvalue weighted by molar-refractivity contribution is 14.1. The lowest BCUT2D eigenvalue weighted by atomic mass is 10.2. The summed E-state index contributed by atoms with van der Waals surface area (Å²) in [5.74, 6) is 0. The molecule has 0 bridgehead atoms. The molecule has 1 aromatic heterocycles. The number of aryl methyl sites for hydroxylation is 1. The Balaban J connectivity index is 2.24. The minimum Gasteiger partial charge on any atom is -0.240 e. The van der Waals surface area contributed by atoms with Gasteiger partial charge in [0.05, 0.1) is 5.69 Å². The smallest absolute Gasteiger partial charge is 0.106 e. The Hall–Kier alpha value is -1.36. The molecule has 0 fully saturated rings. The van der Waals surface area contributed by atoms with E-state index in [4.69, 9.17) is 0 Å². The first-order chi connectivity index (χ1) is 8.24. The van der Waals surface area contributed by atoms with Crippen LogP contribution in [0.15, 0.2) is 48.7 Å². The van der Waals surface area contributed by atoms with Crippen molar-refractivity contribution in [2.75, 3.05) is 0 Å². The second kappa shape index (κ2) is 4.14. The van der Waals surface area contributed by atoms with E-state index in [1.165, 1.54) is 14.5 Å². The van der Waals surface area contributed by atoms with Gasteiger partial charge in [-0.15, -0.1) is 0 Å². The second-order valence-electron chi connectivity index (χ2n) is 4.09. The zero-order valence-electron chi connectivity index (χ0n) is 9.39. The van der Waals surface area contributed by atoms with Gasteiger partial charge in [-0.3, -0.25) is 0 Å². The summed E-state index contributed by atoms with van der Waals surface area (Å²) in [5, 5.41) is 5.83. The van der Waals surface area contributed by atoms with Crippen LogP contribution in [-0.2, 0) is 0 Å². The molecule has 84 valence electrons. The predicted molar refractivity (Wildman–Crippen MR) is 78.5 cm³/mol. The first-order valence-electron chi connectivity index (χ1n) is 5.45. The molecule has 0 saturated carbocycles. The lowest BCUT2D eigenvalue weighted by molar-refractivity contribution is 0.895. The van der Waals surface area contributed by atoms with E-state index in [-0.39, 0.29) is 0 Å². The molecule has 2 aromatic carbocycles. The van der Waals surface area contributed by atoms with Gasteiger partial charge in [0.15, 0.2) is 0 Å². The number of para-hydroxylation sites is 1. The number of benzene rings is 2. The fraction of sp³-hybridized carbons (Fsp3) is 0.0714. The highest BCUT2D eigenvalue weighted by atomic mass is 127. The van der Waals surface area contributed by atoms with Crippen molar-refractivity contribution in [1.82, 2.24) is 9.78 Å². The third-order valence-electron chi connectivity index (χ3n) is 2.73. The highest BCUT2D eigenvalue weighted by Gasteiger charge is 2.06. The lowest BCUT2D eigenvalue weighted by Crippen LogP contribution is -1.93. The van der Waals surface area contributed by atoms with Crippen LogP contribution >= 0.6 is 22.6 Å². The normalized spacial score (nSPS) is 10.9. The maximum absolute atomic E-state index is 4.63. The molecule has 0 atom stereocenters. The maximum Gasteiger partial charge on any atom is 0.106 e. The number of rotatable bonds is 1. The Labute approximate surface area is 113 Å². The molecule has 3 aromatic rings. The van der Waals surface area contributed by atoms with E-state index >= 15 is 0 Å². The van der Waals surface area contributed by atoms with E-state index in [2.05, 4.69) is 65.1 Å². The topological polar surface area (TPSA) is 17.8 Å². The zero-order chi connectivity index (χ0) is 11.8. The molecule has 3 heteroatoms. The molecule has 0 unspecified atom stereocenters. The first-order valence-corrected chi connectivity index (χ1v) is 6.53. The summed E-state index contributed by atoms with van der Waals surface area (Å²) in [7, 11) is 0. The largest absolute Gasteiger partial charge is 0.240 e. The standard InChI is InChI=1S/C14H11IN2/c1-10-7-11-9-17(12-5-3-2-4-6-12)16-14(11)13(15)8-10/h2-9H,1H3.